The van der Waals surface area contributed by atoms with E-state index in [0.29, 0.717) is 10.7 Å². The van der Waals surface area contributed by atoms with Crippen LogP contribution in [0.1, 0.15) is 34.7 Å². The summed E-state index contributed by atoms with van der Waals surface area (Å²) in [6.07, 6.45) is -1.78. The molecule has 0 fully saturated rings. The van der Waals surface area contributed by atoms with Gasteiger partial charge in [0.1, 0.15) is 11.6 Å². The standard InChI is InChI=1S/C24H23N3O6S/c1-14(23(29)30)33-27-21(28)10-15-13-34-22(26-15)11-25-24(31)32-12-20-18-8-4-2-6-16(18)17-7-3-5-9-19(17)20/h2-9,13-14,20H,10-12H2,1H3,(H,25,31)(H,27,28)(H,29,30). The van der Waals surface area contributed by atoms with E-state index < -0.39 is 24.1 Å². The molecule has 1 atom stereocenters. The van der Waals surface area contributed by atoms with E-state index in [4.69, 9.17) is 14.7 Å². The van der Waals surface area contributed by atoms with Gasteiger partial charge >= 0.3 is 12.1 Å². The lowest BCUT2D eigenvalue weighted by Gasteiger charge is -2.14. The maximum atomic E-state index is 12.3. The average Bonchev–Trinajstić information content (AvgIpc) is 3.41. The van der Waals surface area contributed by atoms with Gasteiger partial charge in [0.2, 0.25) is 5.91 Å². The number of carbonyl (C=O) groups is 3. The molecular weight excluding hydrogens is 458 g/mol. The Hall–Kier alpha value is -3.76. The predicted octanol–water partition coefficient (Wildman–Crippen LogP) is 3.25. The molecule has 176 valence electrons. The number of nitrogens with zero attached hydrogens (tertiary/aromatic N) is 1. The summed E-state index contributed by atoms with van der Waals surface area (Å²) in [6, 6.07) is 16.2. The van der Waals surface area contributed by atoms with Gasteiger partial charge in [-0.3, -0.25) is 9.63 Å². The van der Waals surface area contributed by atoms with Gasteiger partial charge in [-0.25, -0.2) is 20.1 Å². The van der Waals surface area contributed by atoms with Crippen molar-refractivity contribution in [1.82, 2.24) is 15.8 Å². The van der Waals surface area contributed by atoms with Crippen molar-refractivity contribution < 1.29 is 29.1 Å². The number of alkyl carbamates (subject to hydrolysis) is 1. The summed E-state index contributed by atoms with van der Waals surface area (Å²) in [6.45, 7) is 1.69. The van der Waals surface area contributed by atoms with E-state index >= 15 is 0 Å². The van der Waals surface area contributed by atoms with Crippen molar-refractivity contribution in [1.29, 1.82) is 0 Å². The van der Waals surface area contributed by atoms with Gasteiger partial charge in [0.25, 0.3) is 0 Å². The molecule has 34 heavy (non-hydrogen) atoms. The van der Waals surface area contributed by atoms with Gasteiger partial charge in [0.15, 0.2) is 6.10 Å². The summed E-state index contributed by atoms with van der Waals surface area (Å²) in [5.74, 6) is -1.72. The highest BCUT2D eigenvalue weighted by atomic mass is 32.1. The summed E-state index contributed by atoms with van der Waals surface area (Å²) >= 11 is 1.29. The summed E-state index contributed by atoms with van der Waals surface area (Å²) < 4.78 is 5.50. The Morgan fingerprint density at radius 2 is 1.74 bits per heavy atom. The van der Waals surface area contributed by atoms with E-state index in [2.05, 4.69) is 40.0 Å². The number of carboxylic acid groups (broad SMARTS) is 1. The van der Waals surface area contributed by atoms with E-state index in [1.165, 1.54) is 18.3 Å². The molecule has 0 saturated carbocycles. The van der Waals surface area contributed by atoms with Crippen molar-refractivity contribution in [3.05, 3.63) is 75.7 Å². The Labute approximate surface area is 199 Å². The third-order valence-corrected chi connectivity index (χ3v) is 6.26. The number of ether oxygens (including phenoxy) is 1. The first-order chi connectivity index (χ1) is 16.4. The van der Waals surface area contributed by atoms with E-state index in [9.17, 15) is 14.4 Å². The molecule has 0 saturated heterocycles. The largest absolute Gasteiger partial charge is 0.479 e. The predicted molar refractivity (Wildman–Crippen MR) is 124 cm³/mol. The fraction of sp³-hybridized carbons (Fsp3) is 0.250. The minimum Gasteiger partial charge on any atom is -0.479 e. The van der Waals surface area contributed by atoms with Crippen LogP contribution in [0.3, 0.4) is 0 Å². The number of hydrogen-bond acceptors (Lipinski definition) is 7. The van der Waals surface area contributed by atoms with Gasteiger partial charge < -0.3 is 15.2 Å². The molecule has 1 aliphatic rings. The Morgan fingerprint density at radius 3 is 2.38 bits per heavy atom. The molecule has 3 N–H and O–H groups in total. The number of carbonyl (C=O) groups excluding carboxylic acids is 2. The number of carboxylic acids is 1. The molecule has 1 aliphatic carbocycles. The van der Waals surface area contributed by atoms with Gasteiger partial charge in [0.05, 0.1) is 18.7 Å². The van der Waals surface area contributed by atoms with Crippen LogP contribution in [0.15, 0.2) is 53.9 Å². The van der Waals surface area contributed by atoms with Crippen molar-refractivity contribution in [2.75, 3.05) is 6.61 Å². The lowest BCUT2D eigenvalue weighted by atomic mass is 9.98. The summed E-state index contributed by atoms with van der Waals surface area (Å²) in [5.41, 5.74) is 7.17. The lowest BCUT2D eigenvalue weighted by Crippen LogP contribution is -2.33. The number of hydrogen-bond donors (Lipinski definition) is 3. The fourth-order valence-corrected chi connectivity index (χ4v) is 4.45. The molecule has 9 nitrogen and oxygen atoms in total. The monoisotopic (exact) mass is 481 g/mol. The van der Waals surface area contributed by atoms with Crippen molar-refractivity contribution in [3.8, 4) is 11.1 Å². The van der Waals surface area contributed by atoms with Gasteiger partial charge in [-0.15, -0.1) is 11.3 Å². The topological polar surface area (TPSA) is 127 Å². The number of hydroxylamine groups is 1. The molecule has 0 bridgehead atoms. The van der Waals surface area contributed by atoms with Crippen molar-refractivity contribution in [2.45, 2.75) is 31.9 Å². The molecule has 2 amide bonds. The van der Waals surface area contributed by atoms with Gasteiger partial charge in [-0.2, -0.15) is 0 Å². The molecule has 0 radical (unpaired) electrons. The van der Waals surface area contributed by atoms with Crippen LogP contribution >= 0.6 is 11.3 Å². The summed E-state index contributed by atoms with van der Waals surface area (Å²) in [4.78, 5) is 43.9. The maximum absolute atomic E-state index is 12.3. The Balaban J connectivity index is 1.25. The molecule has 3 aromatic rings. The van der Waals surface area contributed by atoms with E-state index in [0.717, 1.165) is 22.3 Å². The highest BCUT2D eigenvalue weighted by molar-refractivity contribution is 7.09. The number of thiazole rings is 1. The quantitative estimate of drug-likeness (QED) is 0.401. The first-order valence-electron chi connectivity index (χ1n) is 10.6. The van der Waals surface area contributed by atoms with Gasteiger partial charge in [0, 0.05) is 11.3 Å². The second kappa shape index (κ2) is 10.4. The lowest BCUT2D eigenvalue weighted by molar-refractivity contribution is -0.158. The average molecular weight is 482 g/mol. The van der Waals surface area contributed by atoms with Crippen LogP contribution in [0.25, 0.3) is 11.1 Å². The van der Waals surface area contributed by atoms with E-state index in [1.54, 1.807) is 5.38 Å². The van der Waals surface area contributed by atoms with Crippen LogP contribution in [0.5, 0.6) is 0 Å². The zero-order valence-electron chi connectivity index (χ0n) is 18.3. The molecule has 2 aromatic carbocycles. The van der Waals surface area contributed by atoms with Crippen LogP contribution in [0, 0.1) is 0 Å². The first-order valence-corrected chi connectivity index (χ1v) is 11.5. The number of amides is 2. The number of nitrogens with one attached hydrogen (secondary N) is 2. The van der Waals surface area contributed by atoms with E-state index in [1.807, 2.05) is 24.3 Å². The smallest absolute Gasteiger partial charge is 0.407 e. The Kier molecular flexibility index (Phi) is 7.19. The zero-order valence-corrected chi connectivity index (χ0v) is 19.1. The summed E-state index contributed by atoms with van der Waals surface area (Å²) in [5, 5.41) is 13.7. The number of rotatable bonds is 9. The molecular formula is C24H23N3O6S. The molecule has 0 spiro atoms. The van der Waals surface area contributed by atoms with Crippen LogP contribution < -0.4 is 10.8 Å². The molecule has 10 heteroatoms. The zero-order chi connectivity index (χ0) is 24.1. The SMILES string of the molecule is CC(ONC(=O)Cc1csc(CNC(=O)OCC2c3ccccc3-c3ccccc32)n1)C(=O)O. The number of aromatic nitrogens is 1. The first kappa shape index (κ1) is 23.4. The number of benzene rings is 2. The minimum atomic E-state index is -1.18. The van der Waals surface area contributed by atoms with E-state index in [-0.39, 0.29) is 25.5 Å². The third kappa shape index (κ3) is 5.41. The highest BCUT2D eigenvalue weighted by Gasteiger charge is 2.29. The number of aliphatic carboxylic acids is 1. The van der Waals surface area contributed by atoms with Crippen LogP contribution in [0.2, 0.25) is 0 Å². The van der Waals surface area contributed by atoms with Crippen LogP contribution in [-0.2, 0) is 32.1 Å². The molecule has 1 aromatic heterocycles. The van der Waals surface area contributed by atoms with Crippen LogP contribution in [0.4, 0.5) is 4.79 Å². The van der Waals surface area contributed by atoms with Gasteiger partial charge in [-0.05, 0) is 29.2 Å². The van der Waals surface area contributed by atoms with Crippen molar-refractivity contribution in [2.24, 2.45) is 0 Å². The Bertz CT molecular complexity index is 1170. The molecule has 4 rings (SSSR count). The van der Waals surface area contributed by atoms with Crippen LogP contribution in [-0.4, -0.2) is 40.8 Å². The second-order valence-electron chi connectivity index (χ2n) is 7.71. The third-order valence-electron chi connectivity index (χ3n) is 5.37. The minimum absolute atomic E-state index is 0.0193. The fourth-order valence-electron chi connectivity index (χ4n) is 3.71. The number of fused-ring (bicyclic) bond motifs is 3. The molecule has 0 aliphatic heterocycles. The normalized spacial score (nSPS) is 13.0. The maximum Gasteiger partial charge on any atom is 0.407 e. The second-order valence-corrected chi connectivity index (χ2v) is 8.65. The molecule has 1 unspecified atom stereocenters. The van der Waals surface area contributed by atoms with Gasteiger partial charge in [-0.1, -0.05) is 48.5 Å². The highest BCUT2D eigenvalue weighted by Crippen LogP contribution is 2.44. The summed E-state index contributed by atoms with van der Waals surface area (Å²) in [7, 11) is 0. The van der Waals surface area contributed by atoms with Crippen molar-refractivity contribution in [3.63, 3.8) is 0 Å². The Morgan fingerprint density at radius 1 is 1.09 bits per heavy atom. The van der Waals surface area contributed by atoms with Crippen molar-refractivity contribution >= 4 is 29.3 Å². The molecule has 1 heterocycles.